The number of hydrogen-bond acceptors (Lipinski definition) is 5. The zero-order valence-electron chi connectivity index (χ0n) is 16.5. The topological polar surface area (TPSA) is 92.8 Å². The lowest BCUT2D eigenvalue weighted by Gasteiger charge is -2.28. The van der Waals surface area contributed by atoms with Crippen molar-refractivity contribution in [2.45, 2.75) is 26.8 Å². The van der Waals surface area contributed by atoms with E-state index in [1.165, 1.54) is 14.0 Å². The molecule has 1 N–H and O–H groups in total. The molecule has 0 aliphatic carbocycles. The first-order valence-corrected chi connectivity index (χ1v) is 10.5. The van der Waals surface area contributed by atoms with Crippen LogP contribution in [0.15, 0.2) is 42.5 Å². The Labute approximate surface area is 165 Å². The van der Waals surface area contributed by atoms with Gasteiger partial charge in [0.1, 0.15) is 6.04 Å². The number of benzene rings is 2. The number of carbonyl (C=O) groups is 2. The number of hydrogen-bond donors (Lipinski definition) is 1. The summed E-state index contributed by atoms with van der Waals surface area (Å²) in [5, 5.41) is 2.71. The van der Waals surface area contributed by atoms with Crippen molar-refractivity contribution >= 4 is 33.3 Å². The fraction of sp³-hybridized carbons (Fsp3) is 0.300. The van der Waals surface area contributed by atoms with E-state index in [4.69, 9.17) is 4.74 Å². The first kappa shape index (κ1) is 21.4. The third-order valence-electron chi connectivity index (χ3n) is 4.34. The van der Waals surface area contributed by atoms with Crippen LogP contribution in [0, 0.1) is 13.8 Å². The van der Waals surface area contributed by atoms with Gasteiger partial charge < -0.3 is 10.1 Å². The van der Waals surface area contributed by atoms with Crippen molar-refractivity contribution in [2.24, 2.45) is 0 Å². The van der Waals surface area contributed by atoms with Gasteiger partial charge in [-0.2, -0.15) is 0 Å². The molecule has 0 heterocycles. The molecule has 2 aromatic carbocycles. The van der Waals surface area contributed by atoms with Crippen LogP contribution in [0.25, 0.3) is 0 Å². The Morgan fingerprint density at radius 1 is 1.11 bits per heavy atom. The molecule has 2 rings (SSSR count). The highest BCUT2D eigenvalue weighted by Crippen LogP contribution is 2.24. The molecule has 0 fully saturated rings. The molecular formula is C20H24N2O5S. The van der Waals surface area contributed by atoms with Crippen molar-refractivity contribution < 1.29 is 22.7 Å². The zero-order chi connectivity index (χ0) is 21.1. The average Bonchev–Trinajstić information content (AvgIpc) is 2.61. The smallest absolute Gasteiger partial charge is 0.338 e. The lowest BCUT2D eigenvalue weighted by molar-refractivity contribution is -0.116. The molecule has 0 aliphatic rings. The number of rotatable bonds is 6. The van der Waals surface area contributed by atoms with E-state index < -0.39 is 27.9 Å². The minimum Gasteiger partial charge on any atom is -0.465 e. The Kier molecular flexibility index (Phi) is 6.45. The number of sulfonamides is 1. The lowest BCUT2D eigenvalue weighted by Crippen LogP contribution is -2.45. The number of carbonyl (C=O) groups excluding carboxylic acids is 2. The Morgan fingerprint density at radius 3 is 2.32 bits per heavy atom. The van der Waals surface area contributed by atoms with Crippen LogP contribution in [0.5, 0.6) is 0 Å². The van der Waals surface area contributed by atoms with Crippen LogP contribution < -0.4 is 9.62 Å². The molecule has 0 aromatic heterocycles. The first-order chi connectivity index (χ1) is 13.1. The summed E-state index contributed by atoms with van der Waals surface area (Å²) in [7, 11) is -2.43. The van der Waals surface area contributed by atoms with Crippen molar-refractivity contribution in [3.8, 4) is 0 Å². The number of aryl methyl sites for hydroxylation is 1. The van der Waals surface area contributed by atoms with Crippen LogP contribution in [-0.2, 0) is 19.6 Å². The van der Waals surface area contributed by atoms with E-state index in [2.05, 4.69) is 5.32 Å². The fourth-order valence-electron chi connectivity index (χ4n) is 2.91. The number of ether oxygens (including phenoxy) is 1. The maximum absolute atomic E-state index is 12.8. The van der Waals surface area contributed by atoms with Crippen molar-refractivity contribution in [3.63, 3.8) is 0 Å². The minimum absolute atomic E-state index is 0.326. The predicted octanol–water partition coefficient (Wildman–Crippen LogP) is 2.88. The fourth-order valence-corrected chi connectivity index (χ4v) is 4.08. The second kappa shape index (κ2) is 8.43. The molecule has 2 aromatic rings. The van der Waals surface area contributed by atoms with Crippen molar-refractivity contribution in [3.05, 3.63) is 59.2 Å². The van der Waals surface area contributed by atoms with E-state index >= 15 is 0 Å². The van der Waals surface area contributed by atoms with Gasteiger partial charge in [-0.25, -0.2) is 13.2 Å². The first-order valence-electron chi connectivity index (χ1n) is 8.61. The van der Waals surface area contributed by atoms with Gasteiger partial charge in [0.15, 0.2) is 0 Å². The summed E-state index contributed by atoms with van der Waals surface area (Å²) in [4.78, 5) is 24.7. The van der Waals surface area contributed by atoms with Gasteiger partial charge >= 0.3 is 5.97 Å². The zero-order valence-corrected chi connectivity index (χ0v) is 17.3. The van der Waals surface area contributed by atoms with Gasteiger partial charge in [-0.1, -0.05) is 18.2 Å². The van der Waals surface area contributed by atoms with E-state index in [1.807, 2.05) is 13.0 Å². The summed E-state index contributed by atoms with van der Waals surface area (Å²) in [5.41, 5.74) is 2.56. The van der Waals surface area contributed by atoms with Gasteiger partial charge in [0.05, 0.1) is 24.6 Å². The highest BCUT2D eigenvalue weighted by molar-refractivity contribution is 7.92. The second-order valence-corrected chi connectivity index (χ2v) is 8.39. The largest absolute Gasteiger partial charge is 0.465 e. The van der Waals surface area contributed by atoms with Gasteiger partial charge in [-0.3, -0.25) is 9.10 Å². The molecule has 0 saturated carbocycles. The Balaban J connectivity index is 2.36. The molecule has 0 unspecified atom stereocenters. The molecule has 8 heteroatoms. The van der Waals surface area contributed by atoms with Gasteiger partial charge in [0.25, 0.3) is 0 Å². The molecular weight excluding hydrogens is 380 g/mol. The van der Waals surface area contributed by atoms with Crippen LogP contribution in [-0.4, -0.2) is 39.7 Å². The Bertz CT molecular complexity index is 1000. The number of nitrogens with zero attached hydrogens (tertiary/aromatic N) is 1. The van der Waals surface area contributed by atoms with Crippen molar-refractivity contribution in [1.82, 2.24) is 0 Å². The molecule has 28 heavy (non-hydrogen) atoms. The van der Waals surface area contributed by atoms with E-state index in [1.54, 1.807) is 43.3 Å². The Morgan fingerprint density at radius 2 is 1.75 bits per heavy atom. The number of amides is 1. The maximum Gasteiger partial charge on any atom is 0.338 e. The van der Waals surface area contributed by atoms with Crippen molar-refractivity contribution in [1.29, 1.82) is 0 Å². The number of methoxy groups -OCH3 is 1. The molecule has 7 nitrogen and oxygen atoms in total. The summed E-state index contributed by atoms with van der Waals surface area (Å²) in [6.07, 6.45) is 1.06. The molecule has 0 radical (unpaired) electrons. The SMILES string of the molecule is COC(=O)c1cccc(NC(=O)[C@@H](C)N(c2cccc(C)c2)S(C)(=O)=O)c1C. The van der Waals surface area contributed by atoms with Crippen LogP contribution in [0.1, 0.15) is 28.4 Å². The monoisotopic (exact) mass is 404 g/mol. The van der Waals surface area contributed by atoms with E-state index in [0.717, 1.165) is 16.1 Å². The highest BCUT2D eigenvalue weighted by Gasteiger charge is 2.29. The van der Waals surface area contributed by atoms with Gasteiger partial charge in [0.2, 0.25) is 15.9 Å². The second-order valence-electron chi connectivity index (χ2n) is 6.53. The van der Waals surface area contributed by atoms with Gasteiger partial charge in [-0.15, -0.1) is 0 Å². The molecule has 150 valence electrons. The molecule has 0 aliphatic heterocycles. The van der Waals surface area contributed by atoms with E-state index in [9.17, 15) is 18.0 Å². The van der Waals surface area contributed by atoms with Gasteiger partial charge in [-0.05, 0) is 56.2 Å². The van der Waals surface area contributed by atoms with E-state index in [-0.39, 0.29) is 0 Å². The highest BCUT2D eigenvalue weighted by atomic mass is 32.2. The summed E-state index contributed by atoms with van der Waals surface area (Å²) < 4.78 is 30.6. The molecule has 1 amide bonds. The van der Waals surface area contributed by atoms with Crippen molar-refractivity contribution in [2.75, 3.05) is 23.0 Å². The summed E-state index contributed by atoms with van der Waals surface area (Å²) in [5.74, 6) is -1.03. The molecule has 0 saturated heterocycles. The molecule has 0 bridgehead atoms. The summed E-state index contributed by atoms with van der Waals surface area (Å²) in [6, 6.07) is 10.8. The number of anilines is 2. The third kappa shape index (κ3) is 4.69. The minimum atomic E-state index is -3.71. The average molecular weight is 404 g/mol. The number of nitrogens with one attached hydrogen (secondary N) is 1. The van der Waals surface area contributed by atoms with Gasteiger partial charge in [0, 0.05) is 5.69 Å². The summed E-state index contributed by atoms with van der Waals surface area (Å²) >= 11 is 0. The van der Waals surface area contributed by atoms with E-state index in [0.29, 0.717) is 22.5 Å². The van der Waals surface area contributed by atoms with Crippen LogP contribution in [0.3, 0.4) is 0 Å². The van der Waals surface area contributed by atoms with Crippen LogP contribution >= 0.6 is 0 Å². The maximum atomic E-state index is 12.8. The molecule has 0 spiro atoms. The predicted molar refractivity (Wildman–Crippen MR) is 109 cm³/mol. The Hall–Kier alpha value is -2.87. The van der Waals surface area contributed by atoms with Crippen LogP contribution in [0.2, 0.25) is 0 Å². The quantitative estimate of drug-likeness (QED) is 0.748. The third-order valence-corrected chi connectivity index (χ3v) is 5.58. The summed E-state index contributed by atoms with van der Waals surface area (Å²) in [6.45, 7) is 5.04. The standard InChI is InChI=1S/C20H24N2O5S/c1-13-8-6-9-16(12-13)22(28(5,25)26)15(3)19(23)21-18-11-7-10-17(14(18)2)20(24)27-4/h6-12,15H,1-5H3,(H,21,23)/t15-/m1/s1. The van der Waals surface area contributed by atoms with Crippen LogP contribution in [0.4, 0.5) is 11.4 Å². The normalized spacial score (nSPS) is 12.2. The number of esters is 1. The lowest BCUT2D eigenvalue weighted by atomic mass is 10.1. The molecule has 1 atom stereocenters.